The molecule has 0 fully saturated rings. The zero-order valence-electron chi connectivity index (χ0n) is 13.0. The third-order valence-electron chi connectivity index (χ3n) is 3.30. The van der Waals surface area contributed by atoms with Crippen LogP contribution in [0.15, 0.2) is 41.1 Å². The summed E-state index contributed by atoms with van der Waals surface area (Å²) in [7, 11) is 0. The molecule has 0 radical (unpaired) electrons. The van der Waals surface area contributed by atoms with Crippen LogP contribution in [0.2, 0.25) is 0 Å². The molecule has 0 spiro atoms. The highest BCUT2D eigenvalue weighted by atomic mass is 32.1. The number of hydrogen-bond donors (Lipinski definition) is 2. The van der Waals surface area contributed by atoms with Crippen molar-refractivity contribution in [1.29, 1.82) is 0 Å². The summed E-state index contributed by atoms with van der Waals surface area (Å²) in [4.78, 5) is 16.8. The van der Waals surface area contributed by atoms with Gasteiger partial charge in [0.05, 0.1) is 5.69 Å². The SMILES string of the molecule is CC(=O)Nc1ccc(-c2csc(NCCc3cccs3)n2)c(F)c1. The molecule has 2 aromatic heterocycles. The Hall–Kier alpha value is -2.25. The second kappa shape index (κ2) is 7.55. The van der Waals surface area contributed by atoms with Gasteiger partial charge in [-0.15, -0.1) is 22.7 Å². The van der Waals surface area contributed by atoms with Gasteiger partial charge in [0, 0.05) is 35.0 Å². The summed E-state index contributed by atoms with van der Waals surface area (Å²) < 4.78 is 14.2. The molecular formula is C17H16FN3OS2. The summed E-state index contributed by atoms with van der Waals surface area (Å²) in [5.74, 6) is -0.635. The Morgan fingerprint density at radius 2 is 2.17 bits per heavy atom. The monoisotopic (exact) mass is 361 g/mol. The fourth-order valence-corrected chi connectivity index (χ4v) is 3.68. The standard InChI is InChI=1S/C17H16FN3OS2/c1-11(22)20-12-4-5-14(15(18)9-12)16-10-24-17(21-16)19-7-6-13-3-2-8-23-13/h2-5,8-10H,6-7H2,1H3,(H,19,21)(H,20,22). The highest BCUT2D eigenvalue weighted by molar-refractivity contribution is 7.14. The van der Waals surface area contributed by atoms with Crippen molar-refractivity contribution in [2.24, 2.45) is 0 Å². The smallest absolute Gasteiger partial charge is 0.221 e. The van der Waals surface area contributed by atoms with Gasteiger partial charge in [0.2, 0.25) is 5.91 Å². The van der Waals surface area contributed by atoms with Gasteiger partial charge in [0.1, 0.15) is 5.82 Å². The first-order valence-corrected chi connectivity index (χ1v) is 9.17. The van der Waals surface area contributed by atoms with Gasteiger partial charge in [0.15, 0.2) is 5.13 Å². The van der Waals surface area contributed by atoms with Crippen LogP contribution in [-0.2, 0) is 11.2 Å². The number of halogens is 1. The molecule has 4 nitrogen and oxygen atoms in total. The van der Waals surface area contributed by atoms with Gasteiger partial charge in [-0.3, -0.25) is 4.79 Å². The largest absolute Gasteiger partial charge is 0.361 e. The molecule has 0 saturated carbocycles. The topological polar surface area (TPSA) is 54.0 Å². The van der Waals surface area contributed by atoms with E-state index in [0.717, 1.165) is 18.1 Å². The molecule has 0 aliphatic carbocycles. The third kappa shape index (κ3) is 4.18. The predicted octanol–water partition coefficient (Wildman–Crippen LogP) is 4.62. The molecule has 0 aliphatic rings. The Bertz CT molecular complexity index is 830. The lowest BCUT2D eigenvalue weighted by atomic mass is 10.1. The van der Waals surface area contributed by atoms with Crippen molar-refractivity contribution in [3.8, 4) is 11.3 Å². The van der Waals surface area contributed by atoms with Crippen molar-refractivity contribution in [2.75, 3.05) is 17.2 Å². The van der Waals surface area contributed by atoms with Crippen molar-refractivity contribution in [1.82, 2.24) is 4.98 Å². The molecule has 3 rings (SSSR count). The minimum absolute atomic E-state index is 0.229. The molecule has 0 saturated heterocycles. The molecule has 2 N–H and O–H groups in total. The van der Waals surface area contributed by atoms with E-state index >= 15 is 0 Å². The molecule has 2 heterocycles. The Balaban J connectivity index is 1.65. The van der Waals surface area contributed by atoms with Crippen molar-refractivity contribution in [3.05, 3.63) is 51.8 Å². The molecule has 7 heteroatoms. The van der Waals surface area contributed by atoms with Crippen LogP contribution >= 0.6 is 22.7 Å². The quantitative estimate of drug-likeness (QED) is 0.673. The molecule has 1 amide bonds. The maximum Gasteiger partial charge on any atom is 0.221 e. The van der Waals surface area contributed by atoms with E-state index in [4.69, 9.17) is 0 Å². The fourth-order valence-electron chi connectivity index (χ4n) is 2.23. The van der Waals surface area contributed by atoms with Gasteiger partial charge < -0.3 is 10.6 Å². The molecular weight excluding hydrogens is 345 g/mol. The normalized spacial score (nSPS) is 10.6. The van der Waals surface area contributed by atoms with Crippen LogP contribution in [-0.4, -0.2) is 17.4 Å². The molecule has 0 atom stereocenters. The second-order valence-electron chi connectivity index (χ2n) is 5.17. The number of nitrogens with zero attached hydrogens (tertiary/aromatic N) is 1. The molecule has 124 valence electrons. The summed E-state index contributed by atoms with van der Waals surface area (Å²) in [5.41, 5.74) is 1.45. The number of thiazole rings is 1. The van der Waals surface area contributed by atoms with Crippen molar-refractivity contribution >= 4 is 39.4 Å². The second-order valence-corrected chi connectivity index (χ2v) is 7.06. The summed E-state index contributed by atoms with van der Waals surface area (Å²) in [6, 6.07) is 8.74. The highest BCUT2D eigenvalue weighted by Crippen LogP contribution is 2.28. The van der Waals surface area contributed by atoms with Crippen molar-refractivity contribution < 1.29 is 9.18 Å². The first-order chi connectivity index (χ1) is 11.6. The Morgan fingerprint density at radius 1 is 1.29 bits per heavy atom. The Morgan fingerprint density at radius 3 is 2.88 bits per heavy atom. The fraction of sp³-hybridized carbons (Fsp3) is 0.176. The minimum Gasteiger partial charge on any atom is -0.361 e. The number of carbonyl (C=O) groups is 1. The van der Waals surface area contributed by atoms with Crippen molar-refractivity contribution in [3.63, 3.8) is 0 Å². The molecule has 0 unspecified atom stereocenters. The first kappa shape index (κ1) is 16.6. The Labute approximate surface area is 147 Å². The summed E-state index contributed by atoms with van der Waals surface area (Å²) in [5, 5.41) is 10.5. The first-order valence-electron chi connectivity index (χ1n) is 7.41. The number of benzene rings is 1. The zero-order valence-corrected chi connectivity index (χ0v) is 14.6. The van der Waals surface area contributed by atoms with Crippen LogP contribution in [0.1, 0.15) is 11.8 Å². The number of rotatable bonds is 6. The number of aromatic nitrogens is 1. The van der Waals surface area contributed by atoms with E-state index in [0.29, 0.717) is 16.9 Å². The minimum atomic E-state index is -0.406. The van der Waals surface area contributed by atoms with Crippen molar-refractivity contribution in [2.45, 2.75) is 13.3 Å². The lowest BCUT2D eigenvalue weighted by Gasteiger charge is -2.05. The molecule has 0 aliphatic heterocycles. The van der Waals surface area contributed by atoms with Gasteiger partial charge >= 0.3 is 0 Å². The van der Waals surface area contributed by atoms with Crippen LogP contribution in [0, 0.1) is 5.82 Å². The molecule has 24 heavy (non-hydrogen) atoms. The molecule has 3 aromatic rings. The van der Waals surface area contributed by atoms with Crippen LogP contribution in [0.25, 0.3) is 11.3 Å². The maximum absolute atomic E-state index is 14.2. The predicted molar refractivity (Wildman–Crippen MR) is 98.3 cm³/mol. The van der Waals surface area contributed by atoms with E-state index in [-0.39, 0.29) is 5.91 Å². The van der Waals surface area contributed by atoms with Crippen LogP contribution < -0.4 is 10.6 Å². The lowest BCUT2D eigenvalue weighted by molar-refractivity contribution is -0.114. The number of amides is 1. The third-order valence-corrected chi connectivity index (χ3v) is 5.03. The van der Waals surface area contributed by atoms with Gasteiger partial charge in [-0.2, -0.15) is 0 Å². The van der Waals surface area contributed by atoms with Crippen LogP contribution in [0.5, 0.6) is 0 Å². The average Bonchev–Trinajstić information content (AvgIpc) is 3.19. The number of anilines is 2. The van der Waals surface area contributed by atoms with Gasteiger partial charge in [-0.25, -0.2) is 9.37 Å². The number of thiophene rings is 1. The number of hydrogen-bond acceptors (Lipinski definition) is 5. The van der Waals surface area contributed by atoms with Gasteiger partial charge in [-0.1, -0.05) is 6.07 Å². The van der Waals surface area contributed by atoms with Crippen LogP contribution in [0.3, 0.4) is 0 Å². The van der Waals surface area contributed by atoms with E-state index in [9.17, 15) is 9.18 Å². The van der Waals surface area contributed by atoms with E-state index < -0.39 is 5.82 Å². The van der Waals surface area contributed by atoms with Crippen LogP contribution in [0.4, 0.5) is 15.2 Å². The average molecular weight is 361 g/mol. The highest BCUT2D eigenvalue weighted by Gasteiger charge is 2.10. The Kier molecular flexibility index (Phi) is 5.22. The number of carbonyl (C=O) groups excluding carboxylic acids is 1. The van der Waals surface area contributed by atoms with E-state index in [1.807, 2.05) is 11.4 Å². The van der Waals surface area contributed by atoms with Gasteiger partial charge in [-0.05, 0) is 36.1 Å². The van der Waals surface area contributed by atoms with E-state index in [1.165, 1.54) is 29.2 Å². The summed E-state index contributed by atoms with van der Waals surface area (Å²) in [6.07, 6.45) is 0.937. The summed E-state index contributed by atoms with van der Waals surface area (Å²) >= 11 is 3.18. The summed E-state index contributed by atoms with van der Waals surface area (Å²) in [6.45, 7) is 2.18. The molecule has 0 bridgehead atoms. The zero-order chi connectivity index (χ0) is 16.9. The number of nitrogens with one attached hydrogen (secondary N) is 2. The lowest BCUT2D eigenvalue weighted by Crippen LogP contribution is -2.06. The maximum atomic E-state index is 14.2. The van der Waals surface area contributed by atoms with E-state index in [2.05, 4.69) is 27.1 Å². The molecule has 1 aromatic carbocycles. The van der Waals surface area contributed by atoms with Gasteiger partial charge in [0.25, 0.3) is 0 Å². The van der Waals surface area contributed by atoms with E-state index in [1.54, 1.807) is 23.5 Å².